The molecule has 2 aromatic rings. The number of nitrogens with zero attached hydrogens (tertiary/aromatic N) is 1. The standard InChI is InChI=1S/C6H4ClN3OS/c7-4-2-1-12-5(8)3(2)6(11)10-9-4/h1H,8H2,(H,10,11). The highest BCUT2D eigenvalue weighted by Gasteiger charge is 2.08. The van der Waals surface area contributed by atoms with Crippen molar-refractivity contribution in [3.05, 3.63) is 20.9 Å². The van der Waals surface area contributed by atoms with Gasteiger partial charge in [-0.1, -0.05) is 11.6 Å². The molecule has 0 aliphatic carbocycles. The summed E-state index contributed by atoms with van der Waals surface area (Å²) in [6.45, 7) is 0. The largest absolute Gasteiger partial charge is 0.390 e. The van der Waals surface area contributed by atoms with E-state index in [4.69, 9.17) is 17.3 Å². The zero-order valence-electron chi connectivity index (χ0n) is 5.80. The molecule has 0 bridgehead atoms. The van der Waals surface area contributed by atoms with Crippen LogP contribution in [0.1, 0.15) is 0 Å². The summed E-state index contributed by atoms with van der Waals surface area (Å²) in [7, 11) is 0. The van der Waals surface area contributed by atoms with Crippen molar-refractivity contribution in [1.82, 2.24) is 10.2 Å². The zero-order valence-corrected chi connectivity index (χ0v) is 7.37. The molecule has 2 heterocycles. The lowest BCUT2D eigenvalue weighted by Gasteiger charge is -1.90. The van der Waals surface area contributed by atoms with E-state index in [1.165, 1.54) is 11.3 Å². The summed E-state index contributed by atoms with van der Waals surface area (Å²) < 4.78 is 0. The summed E-state index contributed by atoms with van der Waals surface area (Å²) in [5, 5.41) is 9.36. The maximum Gasteiger partial charge on any atom is 0.275 e. The van der Waals surface area contributed by atoms with Crippen molar-refractivity contribution in [2.24, 2.45) is 0 Å². The van der Waals surface area contributed by atoms with Crippen LogP contribution in [0, 0.1) is 0 Å². The van der Waals surface area contributed by atoms with Gasteiger partial charge in [0.2, 0.25) is 0 Å². The maximum absolute atomic E-state index is 11.2. The van der Waals surface area contributed by atoms with E-state index in [1.54, 1.807) is 5.38 Å². The van der Waals surface area contributed by atoms with E-state index < -0.39 is 0 Å². The van der Waals surface area contributed by atoms with Crippen LogP contribution >= 0.6 is 22.9 Å². The van der Waals surface area contributed by atoms with Gasteiger partial charge >= 0.3 is 0 Å². The molecule has 2 aromatic heterocycles. The second kappa shape index (κ2) is 2.46. The first kappa shape index (κ1) is 7.57. The van der Waals surface area contributed by atoms with E-state index in [1.807, 2.05) is 0 Å². The fourth-order valence-electron chi connectivity index (χ4n) is 0.975. The van der Waals surface area contributed by atoms with Gasteiger partial charge in [0.15, 0.2) is 5.15 Å². The van der Waals surface area contributed by atoms with Crippen LogP contribution < -0.4 is 11.3 Å². The third-order valence-electron chi connectivity index (χ3n) is 1.52. The summed E-state index contributed by atoms with van der Waals surface area (Å²) in [6, 6.07) is 0. The number of fused-ring (bicyclic) bond motifs is 1. The second-order valence-corrected chi connectivity index (χ2v) is 3.50. The van der Waals surface area contributed by atoms with Gasteiger partial charge in [-0.2, -0.15) is 5.10 Å². The van der Waals surface area contributed by atoms with Gasteiger partial charge in [-0.05, 0) is 0 Å². The molecule has 12 heavy (non-hydrogen) atoms. The molecule has 4 nitrogen and oxygen atoms in total. The van der Waals surface area contributed by atoms with Crippen LogP contribution in [-0.4, -0.2) is 10.2 Å². The van der Waals surface area contributed by atoms with E-state index in [9.17, 15) is 4.79 Å². The SMILES string of the molecule is Nc1scc2c(Cl)n[nH]c(=O)c12. The predicted octanol–water partition coefficient (Wildman–Crippen LogP) is 1.22. The van der Waals surface area contributed by atoms with Crippen molar-refractivity contribution >= 4 is 38.7 Å². The molecule has 0 aromatic carbocycles. The van der Waals surface area contributed by atoms with Crippen molar-refractivity contribution in [3.8, 4) is 0 Å². The van der Waals surface area contributed by atoms with Crippen LogP contribution in [0.4, 0.5) is 5.00 Å². The van der Waals surface area contributed by atoms with Gasteiger partial charge in [-0.25, -0.2) is 5.10 Å². The lowest BCUT2D eigenvalue weighted by Crippen LogP contribution is -2.08. The fraction of sp³-hybridized carbons (Fsp3) is 0. The molecule has 0 fully saturated rings. The number of aromatic nitrogens is 2. The van der Waals surface area contributed by atoms with E-state index in [-0.39, 0.29) is 10.7 Å². The Balaban J connectivity index is 3.09. The molecular weight excluding hydrogens is 198 g/mol. The van der Waals surface area contributed by atoms with E-state index in [2.05, 4.69) is 10.2 Å². The molecule has 0 aliphatic rings. The van der Waals surface area contributed by atoms with Crippen LogP contribution in [0.25, 0.3) is 10.8 Å². The Morgan fingerprint density at radius 1 is 1.67 bits per heavy atom. The normalized spacial score (nSPS) is 10.8. The number of hydrogen-bond donors (Lipinski definition) is 2. The van der Waals surface area contributed by atoms with E-state index in [0.717, 1.165) is 0 Å². The van der Waals surface area contributed by atoms with Gasteiger partial charge in [0.1, 0.15) is 0 Å². The Morgan fingerprint density at radius 3 is 3.08 bits per heavy atom. The molecule has 0 amide bonds. The highest BCUT2D eigenvalue weighted by molar-refractivity contribution is 7.15. The molecule has 0 atom stereocenters. The van der Waals surface area contributed by atoms with Gasteiger partial charge in [-0.15, -0.1) is 11.3 Å². The molecule has 0 radical (unpaired) electrons. The Labute approximate surface area is 76.0 Å². The summed E-state index contributed by atoms with van der Waals surface area (Å²) in [6.07, 6.45) is 0. The molecular formula is C6H4ClN3OS. The number of H-pyrrole nitrogens is 1. The van der Waals surface area contributed by atoms with Crippen molar-refractivity contribution < 1.29 is 0 Å². The lowest BCUT2D eigenvalue weighted by molar-refractivity contribution is 1.01. The van der Waals surface area contributed by atoms with Crippen molar-refractivity contribution in [2.45, 2.75) is 0 Å². The Kier molecular flexibility index (Phi) is 1.55. The fourth-order valence-corrected chi connectivity index (χ4v) is 2.03. The van der Waals surface area contributed by atoms with Crippen molar-refractivity contribution in [3.63, 3.8) is 0 Å². The monoisotopic (exact) mass is 201 g/mol. The quantitative estimate of drug-likeness (QED) is 0.673. The lowest BCUT2D eigenvalue weighted by atomic mass is 10.3. The number of nitrogens with one attached hydrogen (secondary N) is 1. The minimum Gasteiger partial charge on any atom is -0.390 e. The van der Waals surface area contributed by atoms with E-state index >= 15 is 0 Å². The number of anilines is 1. The number of aromatic amines is 1. The van der Waals surface area contributed by atoms with Crippen LogP contribution in [0.2, 0.25) is 5.15 Å². The molecule has 0 saturated carbocycles. The summed E-state index contributed by atoms with van der Waals surface area (Å²) in [5.74, 6) is 0. The first-order valence-electron chi connectivity index (χ1n) is 3.11. The van der Waals surface area contributed by atoms with Crippen LogP contribution in [-0.2, 0) is 0 Å². The number of thiophene rings is 1. The minimum absolute atomic E-state index is 0.276. The van der Waals surface area contributed by atoms with Crippen molar-refractivity contribution in [2.75, 3.05) is 5.73 Å². The van der Waals surface area contributed by atoms with Gasteiger partial charge < -0.3 is 5.73 Å². The number of rotatable bonds is 0. The van der Waals surface area contributed by atoms with E-state index in [0.29, 0.717) is 15.8 Å². The third kappa shape index (κ3) is 0.904. The van der Waals surface area contributed by atoms with Gasteiger partial charge in [0.25, 0.3) is 5.56 Å². The highest BCUT2D eigenvalue weighted by atomic mass is 35.5. The van der Waals surface area contributed by atoms with Crippen molar-refractivity contribution in [1.29, 1.82) is 0 Å². The molecule has 6 heteroatoms. The van der Waals surface area contributed by atoms with Crippen LogP contribution in [0.15, 0.2) is 10.2 Å². The first-order chi connectivity index (χ1) is 5.70. The Bertz CT molecular complexity index is 489. The van der Waals surface area contributed by atoms with Gasteiger partial charge in [0.05, 0.1) is 10.4 Å². The minimum atomic E-state index is -0.298. The predicted molar refractivity (Wildman–Crippen MR) is 49.7 cm³/mol. The average molecular weight is 202 g/mol. The second-order valence-electron chi connectivity index (χ2n) is 2.23. The Morgan fingerprint density at radius 2 is 2.42 bits per heavy atom. The van der Waals surface area contributed by atoms with Gasteiger partial charge in [-0.3, -0.25) is 4.79 Å². The van der Waals surface area contributed by atoms with Crippen LogP contribution in [0.5, 0.6) is 0 Å². The summed E-state index contributed by atoms with van der Waals surface area (Å²) >= 11 is 6.99. The number of halogens is 1. The molecule has 0 saturated heterocycles. The Hall–Kier alpha value is -1.07. The molecule has 62 valence electrons. The number of nitrogen functional groups attached to an aromatic ring is 1. The third-order valence-corrected chi connectivity index (χ3v) is 2.62. The molecule has 2 rings (SSSR count). The average Bonchev–Trinajstić information content (AvgIpc) is 2.42. The topological polar surface area (TPSA) is 71.8 Å². The van der Waals surface area contributed by atoms with Crippen LogP contribution in [0.3, 0.4) is 0 Å². The van der Waals surface area contributed by atoms with Gasteiger partial charge in [0, 0.05) is 10.8 Å². The molecule has 0 unspecified atom stereocenters. The highest BCUT2D eigenvalue weighted by Crippen LogP contribution is 2.28. The first-order valence-corrected chi connectivity index (χ1v) is 4.37. The number of nitrogens with two attached hydrogens (primary N) is 1. The molecule has 0 aliphatic heterocycles. The zero-order chi connectivity index (χ0) is 8.72. The number of hydrogen-bond acceptors (Lipinski definition) is 4. The maximum atomic E-state index is 11.2. The molecule has 3 N–H and O–H groups in total. The smallest absolute Gasteiger partial charge is 0.275 e. The summed E-state index contributed by atoms with van der Waals surface area (Å²) in [5.41, 5.74) is 5.26. The molecule has 0 spiro atoms. The summed E-state index contributed by atoms with van der Waals surface area (Å²) in [4.78, 5) is 11.2.